The fourth-order valence-corrected chi connectivity index (χ4v) is 4.81. The molecule has 0 amide bonds. The number of hydrogen-bond acceptors (Lipinski definition) is 6. The van der Waals surface area contributed by atoms with Gasteiger partial charge in [-0.05, 0) is 24.3 Å². The Morgan fingerprint density at radius 3 is 2.70 bits per heavy atom. The van der Waals surface area contributed by atoms with E-state index in [4.69, 9.17) is 5.11 Å². The highest BCUT2D eigenvalue weighted by Crippen LogP contribution is 2.37. The Bertz CT molecular complexity index is 1060. The van der Waals surface area contributed by atoms with Gasteiger partial charge in [0.05, 0.1) is 12.7 Å². The van der Waals surface area contributed by atoms with Crippen LogP contribution in [0.3, 0.4) is 0 Å². The van der Waals surface area contributed by atoms with Gasteiger partial charge in [-0.15, -0.1) is 11.3 Å². The Morgan fingerprint density at radius 2 is 2.04 bits per heavy atom. The molecule has 0 bridgehead atoms. The van der Waals surface area contributed by atoms with Gasteiger partial charge in [-0.2, -0.15) is 13.2 Å². The molecule has 4 N–H and O–H groups in total. The van der Waals surface area contributed by atoms with Crippen molar-refractivity contribution < 1.29 is 31.8 Å². The van der Waals surface area contributed by atoms with Gasteiger partial charge in [-0.25, -0.2) is 18.1 Å². The Hall–Kier alpha value is -1.99. The zero-order chi connectivity index (χ0) is 19.8. The van der Waals surface area contributed by atoms with Crippen LogP contribution in [0, 0.1) is 0 Å². The second-order valence-corrected chi connectivity index (χ2v) is 8.69. The summed E-state index contributed by atoms with van der Waals surface area (Å²) >= 11 is 0.866. The molecule has 3 aromatic heterocycles. The summed E-state index contributed by atoms with van der Waals surface area (Å²) in [7, 11) is -3.93. The van der Waals surface area contributed by atoms with Crippen molar-refractivity contribution in [2.45, 2.75) is 16.5 Å². The number of sulfonamides is 1. The lowest BCUT2D eigenvalue weighted by Crippen LogP contribution is -2.33. The van der Waals surface area contributed by atoms with Gasteiger partial charge in [-0.3, -0.25) is 0 Å². The van der Waals surface area contributed by atoms with Gasteiger partial charge in [0.1, 0.15) is 15.6 Å². The van der Waals surface area contributed by atoms with E-state index in [2.05, 4.69) is 14.7 Å². The van der Waals surface area contributed by atoms with Crippen molar-refractivity contribution in [1.29, 1.82) is 0 Å². The van der Waals surface area contributed by atoms with Gasteiger partial charge < -0.3 is 15.2 Å². The summed E-state index contributed by atoms with van der Waals surface area (Å²) in [4.78, 5) is 6.53. The zero-order valence-corrected chi connectivity index (χ0v) is 15.1. The number of fused-ring (bicyclic) bond motifs is 1. The fraction of sp³-hybridized carbons (Fsp3) is 0.267. The second kappa shape index (κ2) is 7.20. The largest absolute Gasteiger partial charge is 0.431 e. The molecule has 0 saturated carbocycles. The number of hydrogen-bond donors (Lipinski definition) is 4. The normalized spacial score (nSPS) is 14.0. The maximum atomic E-state index is 12.9. The van der Waals surface area contributed by atoms with Crippen molar-refractivity contribution in [3.8, 4) is 10.4 Å². The maximum absolute atomic E-state index is 12.9. The minimum atomic E-state index is -4.56. The molecule has 3 aromatic rings. The Kier molecular flexibility index (Phi) is 5.27. The molecule has 0 saturated heterocycles. The molecule has 0 fully saturated rings. The number of thiophene rings is 1. The Labute approximate surface area is 155 Å². The van der Waals surface area contributed by atoms with E-state index in [-0.39, 0.29) is 21.8 Å². The van der Waals surface area contributed by atoms with E-state index in [0.717, 1.165) is 17.4 Å². The minimum Gasteiger partial charge on any atom is -0.394 e. The zero-order valence-electron chi connectivity index (χ0n) is 13.5. The molecule has 3 heterocycles. The van der Waals surface area contributed by atoms with Gasteiger partial charge in [0.15, 0.2) is 0 Å². The molecule has 0 spiro atoms. The van der Waals surface area contributed by atoms with Gasteiger partial charge >= 0.3 is 6.18 Å². The van der Waals surface area contributed by atoms with Crippen molar-refractivity contribution in [2.75, 3.05) is 13.2 Å². The highest BCUT2D eigenvalue weighted by atomic mass is 32.2. The van der Waals surface area contributed by atoms with Crippen molar-refractivity contribution in [3.05, 3.63) is 36.2 Å². The highest BCUT2D eigenvalue weighted by molar-refractivity contribution is 7.91. The predicted molar refractivity (Wildman–Crippen MR) is 92.7 cm³/mol. The number of aromatic nitrogens is 2. The molecule has 0 aliphatic carbocycles. The average molecular weight is 421 g/mol. The first-order chi connectivity index (χ1) is 12.6. The van der Waals surface area contributed by atoms with Crippen LogP contribution in [-0.4, -0.2) is 47.9 Å². The van der Waals surface area contributed by atoms with Gasteiger partial charge in [0, 0.05) is 28.6 Å². The molecular weight excluding hydrogens is 407 g/mol. The van der Waals surface area contributed by atoms with E-state index in [1.807, 2.05) is 0 Å². The number of nitrogens with one attached hydrogen (secondary N) is 2. The third kappa shape index (κ3) is 4.14. The standard InChI is InChI=1S/C15H14F3N3O4S2/c16-15(17,18)12-5-10-9(3-4-19-14(10)21-12)11-1-2-13(26-11)27(24,25)20-6-8(23)7-22/h1-5,8,20,22-23H,6-7H2,(H,19,21). The number of aliphatic hydroxyl groups is 2. The molecule has 3 rings (SSSR count). The summed E-state index contributed by atoms with van der Waals surface area (Å²) < 4.78 is 65.3. The van der Waals surface area contributed by atoms with Crippen LogP contribution < -0.4 is 4.72 Å². The lowest BCUT2D eigenvalue weighted by Gasteiger charge is -2.08. The van der Waals surface area contributed by atoms with Crippen LogP contribution in [0.4, 0.5) is 13.2 Å². The van der Waals surface area contributed by atoms with Gasteiger partial charge in [-0.1, -0.05) is 0 Å². The number of rotatable bonds is 6. The SMILES string of the molecule is O=S(=O)(NCC(O)CO)c1ccc(-c2ccnc3[nH]c(C(F)(F)F)cc23)s1. The summed E-state index contributed by atoms with van der Waals surface area (Å²) in [5, 5.41) is 18.2. The lowest BCUT2D eigenvalue weighted by atomic mass is 10.1. The molecule has 27 heavy (non-hydrogen) atoms. The van der Waals surface area contributed by atoms with Crippen molar-refractivity contribution in [1.82, 2.24) is 14.7 Å². The molecule has 0 aliphatic heterocycles. The average Bonchev–Trinajstić information content (AvgIpc) is 3.26. The van der Waals surface area contributed by atoms with Gasteiger partial charge in [0.2, 0.25) is 10.0 Å². The summed E-state index contributed by atoms with van der Waals surface area (Å²) in [6.07, 6.45) is -4.46. The summed E-state index contributed by atoms with van der Waals surface area (Å²) in [5.74, 6) is 0. The van der Waals surface area contributed by atoms with Crippen molar-refractivity contribution >= 4 is 32.4 Å². The predicted octanol–water partition coefficient (Wildman–Crippen LogP) is 1.94. The molecule has 0 radical (unpaired) electrons. The van der Waals surface area contributed by atoms with E-state index in [1.165, 1.54) is 24.4 Å². The van der Waals surface area contributed by atoms with E-state index >= 15 is 0 Å². The third-order valence-corrected chi connectivity index (χ3v) is 6.70. The number of alkyl halides is 3. The first-order valence-corrected chi connectivity index (χ1v) is 9.85. The number of pyridine rings is 1. The van der Waals surface area contributed by atoms with E-state index in [9.17, 15) is 26.7 Å². The number of nitrogens with zero attached hydrogens (tertiary/aromatic N) is 1. The fourth-order valence-electron chi connectivity index (χ4n) is 2.35. The number of H-pyrrole nitrogens is 1. The summed E-state index contributed by atoms with van der Waals surface area (Å²) in [6.45, 7) is -0.958. The van der Waals surface area contributed by atoms with E-state index in [1.54, 1.807) is 0 Å². The lowest BCUT2D eigenvalue weighted by molar-refractivity contribution is -0.140. The van der Waals surface area contributed by atoms with Crippen LogP contribution in [-0.2, 0) is 16.2 Å². The monoisotopic (exact) mass is 421 g/mol. The van der Waals surface area contributed by atoms with Crippen LogP contribution in [0.1, 0.15) is 5.69 Å². The number of aliphatic hydroxyl groups excluding tert-OH is 2. The van der Waals surface area contributed by atoms with Crippen LogP contribution in [0.5, 0.6) is 0 Å². The number of halogens is 3. The van der Waals surface area contributed by atoms with Crippen LogP contribution in [0.25, 0.3) is 21.5 Å². The third-order valence-electron chi connectivity index (χ3n) is 3.67. The van der Waals surface area contributed by atoms with E-state index in [0.29, 0.717) is 10.4 Å². The quantitative estimate of drug-likeness (QED) is 0.486. The first kappa shape index (κ1) is 19.8. The molecule has 1 atom stereocenters. The minimum absolute atomic E-state index is 0.0434. The topological polar surface area (TPSA) is 115 Å². The first-order valence-electron chi connectivity index (χ1n) is 7.55. The second-order valence-electron chi connectivity index (χ2n) is 5.61. The molecule has 1 unspecified atom stereocenters. The van der Waals surface area contributed by atoms with Crippen LogP contribution in [0.2, 0.25) is 0 Å². The molecule has 0 aromatic carbocycles. The smallest absolute Gasteiger partial charge is 0.394 e. The Balaban J connectivity index is 1.96. The summed E-state index contributed by atoms with van der Waals surface area (Å²) in [6, 6.07) is 5.23. The molecular formula is C15H14F3N3O4S2. The molecule has 0 aliphatic rings. The van der Waals surface area contributed by atoms with Crippen LogP contribution >= 0.6 is 11.3 Å². The van der Waals surface area contributed by atoms with Gasteiger partial charge in [0.25, 0.3) is 0 Å². The van der Waals surface area contributed by atoms with Crippen molar-refractivity contribution in [2.24, 2.45) is 0 Å². The van der Waals surface area contributed by atoms with E-state index < -0.39 is 34.6 Å². The van der Waals surface area contributed by atoms with Crippen LogP contribution in [0.15, 0.2) is 34.7 Å². The molecule has 12 heteroatoms. The highest BCUT2D eigenvalue weighted by Gasteiger charge is 2.33. The number of aromatic amines is 1. The maximum Gasteiger partial charge on any atom is 0.431 e. The molecule has 7 nitrogen and oxygen atoms in total. The summed E-state index contributed by atoms with van der Waals surface area (Å²) in [5.41, 5.74) is -0.489. The van der Waals surface area contributed by atoms with Crippen molar-refractivity contribution in [3.63, 3.8) is 0 Å². The molecule has 146 valence electrons. The Morgan fingerprint density at radius 1 is 1.30 bits per heavy atom.